The van der Waals surface area contributed by atoms with Gasteiger partial charge in [-0.2, -0.15) is 5.10 Å². The maximum absolute atomic E-state index is 12.4. The lowest BCUT2D eigenvalue weighted by atomic mass is 10.2. The number of hydrazone groups is 1. The molecule has 0 aliphatic heterocycles. The minimum atomic E-state index is -0.806. The third-order valence-electron chi connectivity index (χ3n) is 4.49. The molecule has 0 aromatic heterocycles. The minimum Gasteiger partial charge on any atom is -0.488 e. The first kappa shape index (κ1) is 24.8. The van der Waals surface area contributed by atoms with E-state index in [-0.39, 0.29) is 5.91 Å². The van der Waals surface area contributed by atoms with Crippen molar-refractivity contribution in [2.24, 2.45) is 5.10 Å². The van der Waals surface area contributed by atoms with E-state index in [9.17, 15) is 9.59 Å². The molecule has 9 heteroatoms. The zero-order valence-electron chi connectivity index (χ0n) is 17.5. The highest BCUT2D eigenvalue weighted by atomic mass is 79.9. The predicted molar refractivity (Wildman–Crippen MR) is 134 cm³/mol. The van der Waals surface area contributed by atoms with E-state index in [2.05, 4.69) is 31.8 Å². The van der Waals surface area contributed by atoms with Gasteiger partial charge in [-0.15, -0.1) is 0 Å². The van der Waals surface area contributed by atoms with Crippen LogP contribution in [0.3, 0.4) is 0 Å². The average molecular weight is 549 g/mol. The van der Waals surface area contributed by atoms with Crippen LogP contribution >= 0.6 is 39.1 Å². The molecule has 0 radical (unpaired) electrons. The summed E-state index contributed by atoms with van der Waals surface area (Å²) in [6, 6.07) is 18.6. The van der Waals surface area contributed by atoms with Gasteiger partial charge in [0.15, 0.2) is 0 Å². The Bertz CT molecular complexity index is 1190. The Morgan fingerprint density at radius 1 is 1.06 bits per heavy atom. The number of hydrogen-bond donors (Lipinski definition) is 2. The molecule has 3 rings (SSSR count). The van der Waals surface area contributed by atoms with Gasteiger partial charge in [0, 0.05) is 20.1 Å². The highest BCUT2D eigenvalue weighted by Gasteiger charge is 2.17. The SMILES string of the molecule is CC(NC(=O)c1ccccc1Br)C(=O)NN=Cc1cc(Cl)ccc1OCc1cccc(Cl)c1. The summed E-state index contributed by atoms with van der Waals surface area (Å²) in [6.07, 6.45) is 1.43. The molecular weight excluding hydrogens is 529 g/mol. The summed E-state index contributed by atoms with van der Waals surface area (Å²) in [5.74, 6) is -0.316. The lowest BCUT2D eigenvalue weighted by molar-refractivity contribution is -0.122. The molecule has 33 heavy (non-hydrogen) atoms. The molecule has 1 atom stereocenters. The quantitative estimate of drug-likeness (QED) is 0.284. The molecule has 3 aromatic carbocycles. The number of rotatable bonds is 8. The zero-order chi connectivity index (χ0) is 23.8. The Kier molecular flexibility index (Phi) is 8.88. The molecule has 0 spiro atoms. The van der Waals surface area contributed by atoms with Crippen molar-refractivity contribution in [1.29, 1.82) is 0 Å². The van der Waals surface area contributed by atoms with Crippen LogP contribution in [0.15, 0.2) is 76.3 Å². The fourth-order valence-corrected chi connectivity index (χ4v) is 3.65. The third kappa shape index (κ3) is 7.32. The van der Waals surface area contributed by atoms with Crippen molar-refractivity contribution in [1.82, 2.24) is 10.7 Å². The van der Waals surface area contributed by atoms with Gasteiger partial charge in [-0.1, -0.05) is 47.5 Å². The van der Waals surface area contributed by atoms with Gasteiger partial charge in [0.2, 0.25) is 0 Å². The first-order chi connectivity index (χ1) is 15.8. The number of carbonyl (C=O) groups excluding carboxylic acids is 2. The van der Waals surface area contributed by atoms with E-state index in [1.807, 2.05) is 18.2 Å². The van der Waals surface area contributed by atoms with Crippen LogP contribution < -0.4 is 15.5 Å². The average Bonchev–Trinajstić information content (AvgIpc) is 2.78. The number of hydrogen-bond acceptors (Lipinski definition) is 4. The summed E-state index contributed by atoms with van der Waals surface area (Å²) in [5.41, 5.74) is 4.33. The fraction of sp³-hybridized carbons (Fsp3) is 0.125. The Morgan fingerprint density at radius 3 is 2.58 bits per heavy atom. The summed E-state index contributed by atoms with van der Waals surface area (Å²) >= 11 is 15.4. The highest BCUT2D eigenvalue weighted by molar-refractivity contribution is 9.10. The number of halogens is 3. The van der Waals surface area contributed by atoms with Gasteiger partial charge in [0.1, 0.15) is 18.4 Å². The molecule has 6 nitrogen and oxygen atoms in total. The molecule has 2 amide bonds. The molecular formula is C24H20BrCl2N3O3. The lowest BCUT2D eigenvalue weighted by Gasteiger charge is -2.13. The maximum atomic E-state index is 12.4. The summed E-state index contributed by atoms with van der Waals surface area (Å²) in [7, 11) is 0. The van der Waals surface area contributed by atoms with Gasteiger partial charge in [-0.3, -0.25) is 9.59 Å². The zero-order valence-corrected chi connectivity index (χ0v) is 20.6. The largest absolute Gasteiger partial charge is 0.488 e. The van der Waals surface area contributed by atoms with E-state index in [0.717, 1.165) is 5.56 Å². The van der Waals surface area contributed by atoms with Crippen molar-refractivity contribution in [2.45, 2.75) is 19.6 Å². The molecule has 0 saturated carbocycles. The summed E-state index contributed by atoms with van der Waals surface area (Å²) in [5, 5.41) is 7.74. The number of benzene rings is 3. The van der Waals surface area contributed by atoms with E-state index in [4.69, 9.17) is 27.9 Å². The minimum absolute atomic E-state index is 0.299. The maximum Gasteiger partial charge on any atom is 0.262 e. The molecule has 2 N–H and O–H groups in total. The number of ether oxygens (including phenoxy) is 1. The van der Waals surface area contributed by atoms with Crippen LogP contribution in [0.1, 0.15) is 28.4 Å². The number of nitrogens with one attached hydrogen (secondary N) is 2. The summed E-state index contributed by atoms with van der Waals surface area (Å²) in [4.78, 5) is 24.7. The van der Waals surface area contributed by atoms with Crippen molar-refractivity contribution in [3.05, 3.63) is 97.9 Å². The van der Waals surface area contributed by atoms with E-state index in [1.165, 1.54) is 6.21 Å². The Morgan fingerprint density at radius 2 is 1.82 bits per heavy atom. The summed E-state index contributed by atoms with van der Waals surface area (Å²) < 4.78 is 6.51. The third-order valence-corrected chi connectivity index (χ3v) is 5.65. The molecule has 0 bridgehead atoms. The molecule has 0 aliphatic carbocycles. The number of nitrogens with zero attached hydrogens (tertiary/aromatic N) is 1. The van der Waals surface area contributed by atoms with E-state index in [1.54, 1.807) is 55.5 Å². The van der Waals surface area contributed by atoms with Gasteiger partial charge in [0.05, 0.1) is 11.8 Å². The number of carbonyl (C=O) groups is 2. The van der Waals surface area contributed by atoms with E-state index < -0.39 is 11.9 Å². The Labute approximate surface area is 210 Å². The van der Waals surface area contributed by atoms with Crippen molar-refractivity contribution >= 4 is 57.2 Å². The van der Waals surface area contributed by atoms with Crippen LogP contribution in [0.4, 0.5) is 0 Å². The van der Waals surface area contributed by atoms with Crippen LogP contribution in [-0.2, 0) is 11.4 Å². The monoisotopic (exact) mass is 547 g/mol. The van der Waals surface area contributed by atoms with Crippen molar-refractivity contribution in [3.63, 3.8) is 0 Å². The van der Waals surface area contributed by atoms with Gasteiger partial charge in [0.25, 0.3) is 11.8 Å². The second-order valence-corrected chi connectivity index (χ2v) is 8.74. The first-order valence-corrected chi connectivity index (χ1v) is 11.4. The molecule has 0 saturated heterocycles. The van der Waals surface area contributed by atoms with Gasteiger partial charge >= 0.3 is 0 Å². The van der Waals surface area contributed by atoms with Crippen molar-refractivity contribution < 1.29 is 14.3 Å². The standard InChI is InChI=1S/C24H20BrCl2N3O3/c1-15(29-24(32)20-7-2-3-8-21(20)25)23(31)30-28-13-17-12-19(27)9-10-22(17)33-14-16-5-4-6-18(26)11-16/h2-13,15H,14H2,1H3,(H,29,32)(H,30,31). The normalized spacial score (nSPS) is 11.8. The van der Waals surface area contributed by atoms with E-state index in [0.29, 0.717) is 38.0 Å². The van der Waals surface area contributed by atoms with Crippen LogP contribution in [0, 0.1) is 0 Å². The van der Waals surface area contributed by atoms with Gasteiger partial charge in [-0.25, -0.2) is 5.43 Å². The predicted octanol–water partition coefficient (Wildman–Crippen LogP) is 5.60. The molecule has 0 aliphatic rings. The fourth-order valence-electron chi connectivity index (χ4n) is 2.79. The number of amides is 2. The van der Waals surface area contributed by atoms with Crippen LogP contribution in [0.25, 0.3) is 0 Å². The smallest absolute Gasteiger partial charge is 0.262 e. The van der Waals surface area contributed by atoms with Gasteiger partial charge in [-0.05, 0) is 70.9 Å². The Balaban J connectivity index is 1.60. The molecule has 0 fully saturated rings. The van der Waals surface area contributed by atoms with Crippen LogP contribution in [0.5, 0.6) is 5.75 Å². The van der Waals surface area contributed by atoms with Crippen LogP contribution in [-0.4, -0.2) is 24.1 Å². The summed E-state index contributed by atoms with van der Waals surface area (Å²) in [6.45, 7) is 1.87. The van der Waals surface area contributed by atoms with E-state index >= 15 is 0 Å². The second kappa shape index (κ2) is 11.8. The molecule has 0 heterocycles. The first-order valence-electron chi connectivity index (χ1n) is 9.88. The molecule has 170 valence electrons. The molecule has 3 aromatic rings. The second-order valence-electron chi connectivity index (χ2n) is 7.01. The highest BCUT2D eigenvalue weighted by Crippen LogP contribution is 2.23. The molecule has 1 unspecified atom stereocenters. The van der Waals surface area contributed by atoms with Crippen LogP contribution in [0.2, 0.25) is 10.0 Å². The Hall–Kier alpha value is -2.87. The van der Waals surface area contributed by atoms with Crippen molar-refractivity contribution in [2.75, 3.05) is 0 Å². The topological polar surface area (TPSA) is 79.8 Å². The van der Waals surface area contributed by atoms with Gasteiger partial charge < -0.3 is 10.1 Å². The lowest BCUT2D eigenvalue weighted by Crippen LogP contribution is -2.43. The van der Waals surface area contributed by atoms with Crippen molar-refractivity contribution in [3.8, 4) is 5.75 Å².